The van der Waals surface area contributed by atoms with Gasteiger partial charge in [0.1, 0.15) is 0 Å². The van der Waals surface area contributed by atoms with Gasteiger partial charge in [0.25, 0.3) is 11.8 Å². The summed E-state index contributed by atoms with van der Waals surface area (Å²) in [4.78, 5) is 24.2. The molecule has 22 heavy (non-hydrogen) atoms. The minimum Gasteiger partial charge on any atom is -0.267 e. The number of halogens is 1. The van der Waals surface area contributed by atoms with E-state index in [1.165, 1.54) is 35.6 Å². The largest absolute Gasteiger partial charge is 0.279 e. The van der Waals surface area contributed by atoms with Crippen molar-refractivity contribution < 1.29 is 18.0 Å². The Morgan fingerprint density at radius 2 is 1.77 bits per heavy atom. The van der Waals surface area contributed by atoms with Crippen molar-refractivity contribution in [3.63, 3.8) is 0 Å². The zero-order valence-corrected chi connectivity index (χ0v) is 14.5. The second kappa shape index (κ2) is 6.59. The lowest BCUT2D eigenvalue weighted by Gasteiger charge is -2.07. The maximum absolute atomic E-state index is 11.9. The number of nitrogens with one attached hydrogen (secondary N) is 2. The molecule has 0 spiro atoms. The minimum absolute atomic E-state index is 0.0358. The molecule has 0 bridgehead atoms. The molecule has 0 saturated heterocycles. The van der Waals surface area contributed by atoms with E-state index < -0.39 is 21.7 Å². The molecule has 0 atom stereocenters. The molecule has 1 heterocycles. The van der Waals surface area contributed by atoms with Crippen LogP contribution in [0.1, 0.15) is 20.0 Å². The molecule has 0 saturated carbocycles. The number of carbonyl (C=O) groups is 2. The van der Waals surface area contributed by atoms with E-state index in [1.807, 2.05) is 0 Å². The van der Waals surface area contributed by atoms with Gasteiger partial charge in [-0.1, -0.05) is 6.07 Å². The molecular formula is C13H11BrN2O4S2. The molecule has 0 aliphatic carbocycles. The third-order valence-corrected chi connectivity index (χ3v) is 5.34. The minimum atomic E-state index is -3.40. The van der Waals surface area contributed by atoms with Crippen LogP contribution in [0.5, 0.6) is 0 Å². The molecule has 0 fully saturated rings. The van der Waals surface area contributed by atoms with E-state index in [0.29, 0.717) is 4.88 Å². The van der Waals surface area contributed by atoms with Crippen LogP contribution in [0.4, 0.5) is 0 Å². The van der Waals surface area contributed by atoms with Crippen LogP contribution in [-0.4, -0.2) is 26.5 Å². The highest BCUT2D eigenvalue weighted by Gasteiger charge is 2.13. The van der Waals surface area contributed by atoms with Crippen LogP contribution >= 0.6 is 27.3 Å². The lowest BCUT2D eigenvalue weighted by Crippen LogP contribution is -2.41. The highest BCUT2D eigenvalue weighted by molar-refractivity contribution is 9.11. The van der Waals surface area contributed by atoms with Gasteiger partial charge in [0.2, 0.25) is 0 Å². The maximum atomic E-state index is 11.9. The van der Waals surface area contributed by atoms with Crippen LogP contribution in [0.25, 0.3) is 0 Å². The van der Waals surface area contributed by atoms with Crippen LogP contribution in [-0.2, 0) is 9.84 Å². The first-order chi connectivity index (χ1) is 10.3. The number of benzene rings is 1. The van der Waals surface area contributed by atoms with Crippen molar-refractivity contribution in [2.24, 2.45) is 0 Å². The van der Waals surface area contributed by atoms with Gasteiger partial charge in [-0.2, -0.15) is 0 Å². The van der Waals surface area contributed by atoms with Gasteiger partial charge in [-0.3, -0.25) is 20.4 Å². The molecule has 1 aromatic heterocycles. The average molecular weight is 403 g/mol. The van der Waals surface area contributed by atoms with E-state index in [4.69, 9.17) is 0 Å². The zero-order chi connectivity index (χ0) is 16.3. The average Bonchev–Trinajstić information content (AvgIpc) is 2.90. The second-order valence-corrected chi connectivity index (χ2v) is 8.79. The molecular weight excluding hydrogens is 392 g/mol. The van der Waals surface area contributed by atoms with Gasteiger partial charge in [0.05, 0.1) is 13.6 Å². The predicted octanol–water partition coefficient (Wildman–Crippen LogP) is 1.99. The molecule has 2 amide bonds. The van der Waals surface area contributed by atoms with Crippen molar-refractivity contribution >= 4 is 48.9 Å². The third kappa shape index (κ3) is 4.15. The molecule has 2 N–H and O–H groups in total. The van der Waals surface area contributed by atoms with Crippen LogP contribution in [0, 0.1) is 0 Å². The first kappa shape index (κ1) is 16.7. The van der Waals surface area contributed by atoms with Crippen LogP contribution in [0.2, 0.25) is 0 Å². The molecule has 2 aromatic rings. The Morgan fingerprint density at radius 3 is 2.36 bits per heavy atom. The summed E-state index contributed by atoms with van der Waals surface area (Å²) in [6.07, 6.45) is 1.06. The summed E-state index contributed by atoms with van der Waals surface area (Å²) in [5, 5.41) is 0. The monoisotopic (exact) mass is 402 g/mol. The predicted molar refractivity (Wildman–Crippen MR) is 86.5 cm³/mol. The van der Waals surface area contributed by atoms with Gasteiger partial charge in [-0.05, 0) is 46.3 Å². The molecule has 116 valence electrons. The standard InChI is InChI=1S/C13H11BrN2O4S2/c1-22(19,20)9-4-2-3-8(7-9)12(17)15-16-13(18)10-5-6-11(14)21-10/h2-7H,1H3,(H,15,17)(H,16,18). The summed E-state index contributed by atoms with van der Waals surface area (Å²) in [7, 11) is -3.40. The SMILES string of the molecule is CS(=O)(=O)c1cccc(C(=O)NNC(=O)c2ccc(Br)s2)c1. The number of hydrogen-bond donors (Lipinski definition) is 2. The van der Waals surface area contributed by atoms with E-state index in [0.717, 1.165) is 10.0 Å². The number of amides is 2. The molecule has 0 unspecified atom stereocenters. The summed E-state index contributed by atoms with van der Waals surface area (Å²) in [6.45, 7) is 0. The van der Waals surface area contributed by atoms with Crippen LogP contribution in [0.3, 0.4) is 0 Å². The van der Waals surface area contributed by atoms with Gasteiger partial charge >= 0.3 is 0 Å². The second-order valence-electron chi connectivity index (χ2n) is 4.31. The Kier molecular flexibility index (Phi) is 4.99. The fourth-order valence-electron chi connectivity index (χ4n) is 1.55. The Hall–Kier alpha value is -1.71. The van der Waals surface area contributed by atoms with Gasteiger partial charge in [0.15, 0.2) is 9.84 Å². The fraction of sp³-hybridized carbons (Fsp3) is 0.0769. The molecule has 0 aliphatic rings. The Morgan fingerprint density at radius 1 is 1.09 bits per heavy atom. The quantitative estimate of drug-likeness (QED) is 0.767. The van der Waals surface area contributed by atoms with Gasteiger partial charge in [-0.25, -0.2) is 8.42 Å². The van der Waals surface area contributed by atoms with E-state index in [-0.39, 0.29) is 10.5 Å². The zero-order valence-electron chi connectivity index (χ0n) is 11.3. The fourth-order valence-corrected chi connectivity index (χ4v) is 3.50. The normalized spacial score (nSPS) is 11.0. The molecule has 1 aromatic carbocycles. The number of thiophene rings is 1. The third-order valence-electron chi connectivity index (χ3n) is 2.61. The Bertz CT molecular complexity index is 830. The van der Waals surface area contributed by atoms with Crippen molar-refractivity contribution in [3.8, 4) is 0 Å². The summed E-state index contributed by atoms with van der Waals surface area (Å²) < 4.78 is 23.7. The Labute approximate surface area is 139 Å². The highest BCUT2D eigenvalue weighted by atomic mass is 79.9. The summed E-state index contributed by atoms with van der Waals surface area (Å²) >= 11 is 4.46. The van der Waals surface area contributed by atoms with Gasteiger partial charge in [0, 0.05) is 11.8 Å². The van der Waals surface area contributed by atoms with Crippen molar-refractivity contribution in [2.45, 2.75) is 4.90 Å². The van der Waals surface area contributed by atoms with E-state index in [1.54, 1.807) is 12.1 Å². The molecule has 9 heteroatoms. The van der Waals surface area contributed by atoms with Crippen LogP contribution < -0.4 is 10.9 Å². The summed E-state index contributed by atoms with van der Waals surface area (Å²) in [5.74, 6) is -1.06. The topological polar surface area (TPSA) is 92.3 Å². The van der Waals surface area contributed by atoms with E-state index in [2.05, 4.69) is 26.8 Å². The van der Waals surface area contributed by atoms with Crippen molar-refractivity contribution in [2.75, 3.05) is 6.26 Å². The first-order valence-electron chi connectivity index (χ1n) is 5.93. The lowest BCUT2D eigenvalue weighted by molar-refractivity contribution is 0.0849. The number of hydrogen-bond acceptors (Lipinski definition) is 5. The number of carbonyl (C=O) groups excluding carboxylic acids is 2. The Balaban J connectivity index is 2.05. The van der Waals surface area contributed by atoms with Crippen molar-refractivity contribution in [3.05, 3.63) is 50.6 Å². The number of rotatable bonds is 3. The summed E-state index contributed by atoms with van der Waals surface area (Å²) in [6, 6.07) is 8.89. The smallest absolute Gasteiger partial charge is 0.267 e. The molecule has 2 rings (SSSR count). The van der Waals surface area contributed by atoms with Crippen molar-refractivity contribution in [1.29, 1.82) is 0 Å². The van der Waals surface area contributed by atoms with E-state index >= 15 is 0 Å². The van der Waals surface area contributed by atoms with Crippen LogP contribution in [0.15, 0.2) is 45.1 Å². The van der Waals surface area contributed by atoms with Gasteiger partial charge < -0.3 is 0 Å². The lowest BCUT2D eigenvalue weighted by atomic mass is 10.2. The number of hydrazine groups is 1. The number of sulfone groups is 1. The summed E-state index contributed by atoms with van der Waals surface area (Å²) in [5.41, 5.74) is 4.65. The molecule has 6 nitrogen and oxygen atoms in total. The molecule has 0 radical (unpaired) electrons. The van der Waals surface area contributed by atoms with Gasteiger partial charge in [-0.15, -0.1) is 11.3 Å². The molecule has 0 aliphatic heterocycles. The first-order valence-corrected chi connectivity index (χ1v) is 9.43. The maximum Gasteiger partial charge on any atom is 0.279 e. The van der Waals surface area contributed by atoms with Crippen molar-refractivity contribution in [1.82, 2.24) is 10.9 Å². The van der Waals surface area contributed by atoms with E-state index in [9.17, 15) is 18.0 Å². The highest BCUT2D eigenvalue weighted by Crippen LogP contribution is 2.21.